The van der Waals surface area contributed by atoms with Gasteiger partial charge in [0.05, 0.1) is 6.10 Å². The molecule has 0 aliphatic heterocycles. The van der Waals surface area contributed by atoms with Crippen LogP contribution in [0.3, 0.4) is 0 Å². The van der Waals surface area contributed by atoms with E-state index < -0.39 is 0 Å². The molecule has 0 aliphatic rings. The first-order valence-electron chi connectivity index (χ1n) is 5.08. The molecule has 3 N–H and O–H groups in total. The van der Waals surface area contributed by atoms with E-state index in [1.807, 2.05) is 27.7 Å². The smallest absolute Gasteiger partial charge is 0.246 e. The monoisotopic (exact) mass is 202 g/mol. The topological polar surface area (TPSA) is 64.3 Å². The lowest BCUT2D eigenvalue weighted by molar-refractivity contribution is -0.128. The number of nitrogens with one attached hydrogen (secondary N) is 1. The predicted molar refractivity (Wildman–Crippen MR) is 56.9 cm³/mol. The summed E-state index contributed by atoms with van der Waals surface area (Å²) in [4.78, 5) is 11.3. The van der Waals surface area contributed by atoms with Gasteiger partial charge in [0, 0.05) is 6.04 Å². The van der Waals surface area contributed by atoms with Crippen LogP contribution in [0.25, 0.3) is 0 Å². The molecule has 0 saturated heterocycles. The Labute approximate surface area is 86.2 Å². The van der Waals surface area contributed by atoms with Crippen molar-refractivity contribution in [3.05, 3.63) is 0 Å². The van der Waals surface area contributed by atoms with Gasteiger partial charge in [-0.05, 0) is 33.2 Å². The second-order valence-corrected chi connectivity index (χ2v) is 3.93. The van der Waals surface area contributed by atoms with E-state index in [0.717, 1.165) is 0 Å². The second-order valence-electron chi connectivity index (χ2n) is 3.93. The lowest BCUT2D eigenvalue weighted by atomic mass is 10.0. The summed E-state index contributed by atoms with van der Waals surface area (Å²) in [5.41, 5.74) is 5.49. The molecular formula is C10H22N2O2. The lowest BCUT2D eigenvalue weighted by Gasteiger charge is -2.19. The van der Waals surface area contributed by atoms with Crippen LogP contribution in [0.4, 0.5) is 0 Å². The van der Waals surface area contributed by atoms with E-state index in [1.54, 1.807) is 0 Å². The van der Waals surface area contributed by atoms with Crippen molar-refractivity contribution in [1.82, 2.24) is 5.32 Å². The third kappa shape index (κ3) is 5.94. The molecule has 0 aromatic carbocycles. The molecule has 0 aromatic rings. The van der Waals surface area contributed by atoms with Crippen LogP contribution in [0.2, 0.25) is 0 Å². The fourth-order valence-electron chi connectivity index (χ4n) is 0.884. The maximum absolute atomic E-state index is 11.3. The Morgan fingerprint density at radius 1 is 1.36 bits per heavy atom. The molecule has 0 spiro atoms. The predicted octanol–water partition coefficient (Wildman–Crippen LogP) is 0.511. The highest BCUT2D eigenvalue weighted by Crippen LogP contribution is 1.99. The molecule has 4 heteroatoms. The first kappa shape index (κ1) is 13.4. The highest BCUT2D eigenvalue weighted by Gasteiger charge is 2.13. The quantitative estimate of drug-likeness (QED) is 0.659. The van der Waals surface area contributed by atoms with E-state index in [-0.39, 0.29) is 30.6 Å². The van der Waals surface area contributed by atoms with Gasteiger partial charge < -0.3 is 15.8 Å². The van der Waals surface area contributed by atoms with Crippen LogP contribution in [0.1, 0.15) is 27.7 Å². The zero-order chi connectivity index (χ0) is 11.1. The number of hydrogen-bond donors (Lipinski definition) is 2. The van der Waals surface area contributed by atoms with Crippen molar-refractivity contribution in [3.8, 4) is 0 Å². The molecule has 0 aliphatic carbocycles. The number of hydrogen-bond acceptors (Lipinski definition) is 3. The summed E-state index contributed by atoms with van der Waals surface area (Å²) in [5.74, 6) is 0.212. The van der Waals surface area contributed by atoms with Gasteiger partial charge >= 0.3 is 0 Å². The molecule has 4 nitrogen and oxygen atoms in total. The Kier molecular flexibility index (Phi) is 6.49. The van der Waals surface area contributed by atoms with E-state index >= 15 is 0 Å². The summed E-state index contributed by atoms with van der Waals surface area (Å²) in [7, 11) is 0. The van der Waals surface area contributed by atoms with Crippen molar-refractivity contribution in [1.29, 1.82) is 0 Å². The molecule has 0 saturated carbocycles. The molecule has 2 unspecified atom stereocenters. The lowest BCUT2D eigenvalue weighted by Crippen LogP contribution is -2.41. The Balaban J connectivity index is 3.71. The minimum atomic E-state index is -0.0773. The van der Waals surface area contributed by atoms with Gasteiger partial charge in [-0.2, -0.15) is 0 Å². The van der Waals surface area contributed by atoms with E-state index in [0.29, 0.717) is 6.54 Å². The van der Waals surface area contributed by atoms with Crippen molar-refractivity contribution in [2.45, 2.75) is 39.8 Å². The van der Waals surface area contributed by atoms with Crippen LogP contribution in [0.15, 0.2) is 0 Å². The zero-order valence-corrected chi connectivity index (χ0v) is 9.54. The standard InChI is InChI=1S/C10H22N2O2/c1-7(2)14-6-10(13)12-9(4)8(3)5-11/h7-9H,5-6,11H2,1-4H3,(H,12,13). The summed E-state index contributed by atoms with van der Waals surface area (Å²) in [6.07, 6.45) is 0.0861. The molecule has 0 aromatic heterocycles. The van der Waals surface area contributed by atoms with Crippen LogP contribution in [0, 0.1) is 5.92 Å². The first-order chi connectivity index (χ1) is 6.47. The van der Waals surface area contributed by atoms with E-state index in [9.17, 15) is 4.79 Å². The van der Waals surface area contributed by atoms with E-state index in [1.165, 1.54) is 0 Å². The molecule has 0 fully saturated rings. The normalized spacial score (nSPS) is 15.3. The van der Waals surface area contributed by atoms with E-state index in [4.69, 9.17) is 10.5 Å². The number of amides is 1. The van der Waals surface area contributed by atoms with Crippen molar-refractivity contribution >= 4 is 5.91 Å². The molecule has 2 atom stereocenters. The largest absolute Gasteiger partial charge is 0.369 e. The van der Waals surface area contributed by atoms with Gasteiger partial charge in [0.1, 0.15) is 6.61 Å². The van der Waals surface area contributed by atoms with Crippen LogP contribution in [-0.2, 0) is 9.53 Å². The molecule has 84 valence electrons. The zero-order valence-electron chi connectivity index (χ0n) is 9.54. The van der Waals surface area contributed by atoms with Gasteiger partial charge in [-0.3, -0.25) is 4.79 Å². The summed E-state index contributed by atoms with van der Waals surface area (Å²) < 4.78 is 5.17. The summed E-state index contributed by atoms with van der Waals surface area (Å²) in [6, 6.07) is 0.100. The van der Waals surface area contributed by atoms with Gasteiger partial charge in [-0.15, -0.1) is 0 Å². The molecule has 0 heterocycles. The highest BCUT2D eigenvalue weighted by molar-refractivity contribution is 5.77. The maximum atomic E-state index is 11.3. The van der Waals surface area contributed by atoms with Crippen LogP contribution < -0.4 is 11.1 Å². The van der Waals surface area contributed by atoms with Crippen molar-refractivity contribution in [3.63, 3.8) is 0 Å². The Hall–Kier alpha value is -0.610. The Morgan fingerprint density at radius 3 is 2.36 bits per heavy atom. The van der Waals surface area contributed by atoms with Gasteiger partial charge in [-0.1, -0.05) is 6.92 Å². The van der Waals surface area contributed by atoms with Crippen LogP contribution >= 0.6 is 0 Å². The fraction of sp³-hybridized carbons (Fsp3) is 0.900. The molecule has 14 heavy (non-hydrogen) atoms. The van der Waals surface area contributed by atoms with Gasteiger partial charge in [0.15, 0.2) is 0 Å². The average molecular weight is 202 g/mol. The van der Waals surface area contributed by atoms with Gasteiger partial charge in [-0.25, -0.2) is 0 Å². The minimum absolute atomic E-state index is 0.0773. The van der Waals surface area contributed by atoms with Gasteiger partial charge in [0.25, 0.3) is 0 Å². The Morgan fingerprint density at radius 2 is 1.93 bits per heavy atom. The molecule has 0 radical (unpaired) electrons. The number of carbonyl (C=O) groups excluding carboxylic acids is 1. The minimum Gasteiger partial charge on any atom is -0.369 e. The number of carbonyl (C=O) groups is 1. The molecule has 1 amide bonds. The SMILES string of the molecule is CC(C)OCC(=O)NC(C)C(C)CN. The third-order valence-corrected chi connectivity index (χ3v) is 2.16. The number of rotatable bonds is 6. The summed E-state index contributed by atoms with van der Waals surface area (Å²) in [6.45, 7) is 8.46. The third-order valence-electron chi connectivity index (χ3n) is 2.16. The number of ether oxygens (including phenoxy) is 1. The first-order valence-corrected chi connectivity index (χ1v) is 5.08. The number of nitrogens with two attached hydrogens (primary N) is 1. The fourth-order valence-corrected chi connectivity index (χ4v) is 0.884. The molecular weight excluding hydrogens is 180 g/mol. The molecule has 0 bridgehead atoms. The average Bonchev–Trinajstić information content (AvgIpc) is 2.13. The van der Waals surface area contributed by atoms with Gasteiger partial charge in [0.2, 0.25) is 5.91 Å². The van der Waals surface area contributed by atoms with Crippen molar-refractivity contribution in [2.24, 2.45) is 11.7 Å². The second kappa shape index (κ2) is 6.79. The van der Waals surface area contributed by atoms with Crippen molar-refractivity contribution < 1.29 is 9.53 Å². The van der Waals surface area contributed by atoms with Crippen molar-refractivity contribution in [2.75, 3.05) is 13.2 Å². The summed E-state index contributed by atoms with van der Waals surface area (Å²) >= 11 is 0. The van der Waals surface area contributed by atoms with Crippen LogP contribution in [-0.4, -0.2) is 31.2 Å². The van der Waals surface area contributed by atoms with Crippen LogP contribution in [0.5, 0.6) is 0 Å². The summed E-state index contributed by atoms with van der Waals surface area (Å²) in [5, 5.41) is 2.84. The Bertz CT molecular complexity index is 172. The highest BCUT2D eigenvalue weighted by atomic mass is 16.5. The van der Waals surface area contributed by atoms with E-state index in [2.05, 4.69) is 5.32 Å². The molecule has 0 rings (SSSR count). The maximum Gasteiger partial charge on any atom is 0.246 e.